The van der Waals surface area contributed by atoms with Crippen molar-refractivity contribution in [1.82, 2.24) is 4.90 Å². The van der Waals surface area contributed by atoms with Gasteiger partial charge in [-0.2, -0.15) is 0 Å². The number of hydrogen-bond donors (Lipinski definition) is 1. The van der Waals surface area contributed by atoms with Crippen LogP contribution in [0.4, 0.5) is 0 Å². The molecule has 0 radical (unpaired) electrons. The van der Waals surface area contributed by atoms with Gasteiger partial charge in [0.2, 0.25) is 0 Å². The summed E-state index contributed by atoms with van der Waals surface area (Å²) >= 11 is 0. The number of aliphatic carboxylic acids is 1. The topological polar surface area (TPSA) is 66.8 Å². The van der Waals surface area contributed by atoms with E-state index in [1.165, 1.54) is 4.90 Å². The first-order chi connectivity index (χ1) is 9.43. The van der Waals surface area contributed by atoms with Crippen molar-refractivity contribution in [3.63, 3.8) is 0 Å². The van der Waals surface area contributed by atoms with Crippen molar-refractivity contribution in [3.05, 3.63) is 29.8 Å². The van der Waals surface area contributed by atoms with Gasteiger partial charge < -0.3 is 14.7 Å². The highest BCUT2D eigenvalue weighted by Crippen LogP contribution is 2.12. The van der Waals surface area contributed by atoms with Crippen LogP contribution in [0.1, 0.15) is 25.8 Å². The zero-order valence-electron chi connectivity index (χ0n) is 12.1. The Kier molecular flexibility index (Phi) is 6.03. The summed E-state index contributed by atoms with van der Waals surface area (Å²) in [5.74, 6) is -0.490. The van der Waals surface area contributed by atoms with Crippen molar-refractivity contribution >= 4 is 11.9 Å². The molecule has 0 spiro atoms. The van der Waals surface area contributed by atoms with E-state index in [4.69, 9.17) is 9.84 Å². The van der Waals surface area contributed by atoms with Crippen LogP contribution in [0.2, 0.25) is 0 Å². The summed E-state index contributed by atoms with van der Waals surface area (Å²) in [6.45, 7) is 5.90. The van der Waals surface area contributed by atoms with Crippen LogP contribution in [0.5, 0.6) is 5.75 Å². The summed E-state index contributed by atoms with van der Waals surface area (Å²) in [5.41, 5.74) is 1.12. The normalized spacial score (nSPS) is 11.8. The molecule has 1 aromatic carbocycles. The average molecular weight is 279 g/mol. The molecular weight excluding hydrogens is 258 g/mol. The number of ether oxygens (including phenoxy) is 1. The van der Waals surface area contributed by atoms with Crippen LogP contribution >= 0.6 is 0 Å². The fourth-order valence-electron chi connectivity index (χ4n) is 1.96. The smallest absolute Gasteiger partial charge is 0.305 e. The number of carbonyl (C=O) groups excluding carboxylic acids is 1. The molecule has 0 aliphatic rings. The number of rotatable bonds is 7. The molecule has 0 fully saturated rings. The Labute approximate surface area is 119 Å². The molecule has 110 valence electrons. The number of likely N-dealkylation sites (N-methyl/N-ethyl adjacent to an activating group) is 1. The summed E-state index contributed by atoms with van der Waals surface area (Å²) < 4.78 is 5.42. The molecule has 0 bridgehead atoms. The van der Waals surface area contributed by atoms with E-state index >= 15 is 0 Å². The molecule has 1 amide bonds. The third-order valence-electron chi connectivity index (χ3n) is 3.05. The maximum Gasteiger partial charge on any atom is 0.305 e. The Morgan fingerprint density at radius 2 is 1.90 bits per heavy atom. The molecule has 5 heteroatoms. The number of carbonyl (C=O) groups is 2. The van der Waals surface area contributed by atoms with Crippen LogP contribution in [0, 0.1) is 6.92 Å². The Morgan fingerprint density at radius 1 is 1.30 bits per heavy atom. The number of benzene rings is 1. The van der Waals surface area contributed by atoms with Crippen molar-refractivity contribution < 1.29 is 19.4 Å². The van der Waals surface area contributed by atoms with Crippen LogP contribution < -0.4 is 4.74 Å². The molecular formula is C15H21NO4. The van der Waals surface area contributed by atoms with Gasteiger partial charge in [0, 0.05) is 12.6 Å². The maximum absolute atomic E-state index is 12.0. The standard InChI is InChI=1S/C15H21NO4/c1-4-16(12(3)9-15(18)19)14(17)10-20-13-7-5-11(2)6-8-13/h5-8,12H,4,9-10H2,1-3H3,(H,18,19). The molecule has 0 aliphatic carbocycles. The zero-order chi connectivity index (χ0) is 15.1. The monoisotopic (exact) mass is 279 g/mol. The molecule has 1 rings (SSSR count). The Morgan fingerprint density at radius 3 is 2.40 bits per heavy atom. The maximum atomic E-state index is 12.0. The van der Waals surface area contributed by atoms with Gasteiger partial charge in [-0.05, 0) is 32.9 Å². The lowest BCUT2D eigenvalue weighted by atomic mass is 10.2. The first-order valence-corrected chi connectivity index (χ1v) is 6.64. The summed E-state index contributed by atoms with van der Waals surface area (Å²) in [7, 11) is 0. The number of aryl methyl sites for hydroxylation is 1. The minimum absolute atomic E-state index is 0.0654. The first kappa shape index (κ1) is 16.0. The summed E-state index contributed by atoms with van der Waals surface area (Å²) in [4.78, 5) is 24.3. The largest absolute Gasteiger partial charge is 0.484 e. The fourth-order valence-corrected chi connectivity index (χ4v) is 1.96. The Hall–Kier alpha value is -2.04. The van der Waals surface area contributed by atoms with Crippen molar-refractivity contribution in [1.29, 1.82) is 0 Å². The van der Waals surface area contributed by atoms with Gasteiger partial charge >= 0.3 is 5.97 Å². The summed E-state index contributed by atoms with van der Waals surface area (Å²) in [6, 6.07) is 7.08. The predicted molar refractivity (Wildman–Crippen MR) is 75.8 cm³/mol. The fraction of sp³-hybridized carbons (Fsp3) is 0.467. The number of amides is 1. The zero-order valence-corrected chi connectivity index (χ0v) is 12.1. The van der Waals surface area contributed by atoms with E-state index in [2.05, 4.69) is 0 Å². The highest BCUT2D eigenvalue weighted by Gasteiger charge is 2.20. The highest BCUT2D eigenvalue weighted by atomic mass is 16.5. The highest BCUT2D eigenvalue weighted by molar-refractivity contribution is 5.79. The molecule has 1 N–H and O–H groups in total. The van der Waals surface area contributed by atoms with E-state index in [0.717, 1.165) is 5.56 Å². The van der Waals surface area contributed by atoms with Gasteiger partial charge in [-0.3, -0.25) is 9.59 Å². The summed E-state index contributed by atoms with van der Waals surface area (Å²) in [6.07, 6.45) is -0.0654. The van der Waals surface area contributed by atoms with Gasteiger partial charge in [-0.1, -0.05) is 17.7 Å². The molecule has 1 unspecified atom stereocenters. The molecule has 0 aliphatic heterocycles. The molecule has 1 atom stereocenters. The van der Waals surface area contributed by atoms with Gasteiger partial charge in [-0.25, -0.2) is 0 Å². The number of carboxylic acids is 1. The predicted octanol–water partition coefficient (Wildman–Crippen LogP) is 2.09. The first-order valence-electron chi connectivity index (χ1n) is 6.64. The molecule has 0 saturated heterocycles. The number of nitrogens with zero attached hydrogens (tertiary/aromatic N) is 1. The number of hydrogen-bond acceptors (Lipinski definition) is 3. The third kappa shape index (κ3) is 4.91. The quantitative estimate of drug-likeness (QED) is 0.830. The van der Waals surface area contributed by atoms with Gasteiger partial charge in [-0.15, -0.1) is 0 Å². The van der Waals surface area contributed by atoms with E-state index in [9.17, 15) is 9.59 Å². The molecule has 0 aromatic heterocycles. The second-order valence-electron chi connectivity index (χ2n) is 4.73. The van der Waals surface area contributed by atoms with Crippen LogP contribution in [-0.4, -0.2) is 41.1 Å². The molecule has 0 saturated carbocycles. The van der Waals surface area contributed by atoms with Crippen molar-refractivity contribution in [2.45, 2.75) is 33.2 Å². The lowest BCUT2D eigenvalue weighted by Crippen LogP contribution is -2.42. The van der Waals surface area contributed by atoms with Crippen molar-refractivity contribution in [2.24, 2.45) is 0 Å². The van der Waals surface area contributed by atoms with Crippen LogP contribution in [0.15, 0.2) is 24.3 Å². The second-order valence-corrected chi connectivity index (χ2v) is 4.73. The van der Waals surface area contributed by atoms with Crippen molar-refractivity contribution in [2.75, 3.05) is 13.2 Å². The summed E-state index contributed by atoms with van der Waals surface area (Å²) in [5, 5.41) is 8.77. The van der Waals surface area contributed by atoms with E-state index in [-0.39, 0.29) is 25.0 Å². The number of carboxylic acid groups (broad SMARTS) is 1. The van der Waals surface area contributed by atoms with Crippen LogP contribution in [-0.2, 0) is 9.59 Å². The van der Waals surface area contributed by atoms with E-state index in [1.807, 2.05) is 26.0 Å². The lowest BCUT2D eigenvalue weighted by molar-refractivity contribution is -0.141. The van der Waals surface area contributed by atoms with E-state index < -0.39 is 5.97 Å². The molecule has 20 heavy (non-hydrogen) atoms. The minimum Gasteiger partial charge on any atom is -0.484 e. The SMILES string of the molecule is CCN(C(=O)COc1ccc(C)cc1)C(C)CC(=O)O. The van der Waals surface area contributed by atoms with Gasteiger partial charge in [0.1, 0.15) is 5.75 Å². The van der Waals surface area contributed by atoms with Gasteiger partial charge in [0.15, 0.2) is 6.61 Å². The lowest BCUT2D eigenvalue weighted by Gasteiger charge is -2.27. The Balaban J connectivity index is 2.54. The van der Waals surface area contributed by atoms with E-state index in [0.29, 0.717) is 12.3 Å². The van der Waals surface area contributed by atoms with E-state index in [1.54, 1.807) is 19.1 Å². The van der Waals surface area contributed by atoms with Gasteiger partial charge in [0.05, 0.1) is 6.42 Å². The third-order valence-corrected chi connectivity index (χ3v) is 3.05. The van der Waals surface area contributed by atoms with Crippen LogP contribution in [0.25, 0.3) is 0 Å². The minimum atomic E-state index is -0.914. The second kappa shape index (κ2) is 7.53. The van der Waals surface area contributed by atoms with Gasteiger partial charge in [0.25, 0.3) is 5.91 Å². The Bertz CT molecular complexity index is 455. The average Bonchev–Trinajstić information content (AvgIpc) is 2.38. The van der Waals surface area contributed by atoms with Crippen molar-refractivity contribution in [3.8, 4) is 5.75 Å². The molecule has 5 nitrogen and oxygen atoms in total. The molecule has 0 heterocycles. The van der Waals surface area contributed by atoms with Crippen LogP contribution in [0.3, 0.4) is 0 Å². The molecule has 1 aromatic rings.